The summed E-state index contributed by atoms with van der Waals surface area (Å²) in [5.41, 5.74) is 0. The molecule has 0 aromatic rings. The molecule has 0 radical (unpaired) electrons. The molecule has 15 heavy (non-hydrogen) atoms. The van der Waals surface area contributed by atoms with Gasteiger partial charge in [-0.05, 0) is 45.7 Å². The van der Waals surface area contributed by atoms with E-state index in [-0.39, 0.29) is 18.2 Å². The lowest BCUT2D eigenvalue weighted by Gasteiger charge is -2.43. The van der Waals surface area contributed by atoms with Gasteiger partial charge in [0.1, 0.15) is 6.10 Å². The van der Waals surface area contributed by atoms with Crippen LogP contribution >= 0.6 is 0 Å². The molecule has 3 fully saturated rings. The number of amides is 1. The van der Waals surface area contributed by atoms with E-state index < -0.39 is 0 Å². The fraction of sp³-hybridized carbons (Fsp3) is 0.909. The fourth-order valence-corrected chi connectivity index (χ4v) is 2.45. The maximum absolute atomic E-state index is 11.4. The predicted octanol–water partition coefficient (Wildman–Crippen LogP) is 1.22. The number of carbonyl (C=O) groups excluding carboxylic acids is 1. The molecule has 3 saturated heterocycles. The van der Waals surface area contributed by atoms with E-state index in [1.54, 1.807) is 0 Å². The van der Waals surface area contributed by atoms with Gasteiger partial charge in [-0.25, -0.2) is 4.79 Å². The van der Waals surface area contributed by atoms with Gasteiger partial charge in [-0.15, -0.1) is 0 Å². The minimum absolute atomic E-state index is 0.117. The molecule has 2 bridgehead atoms. The summed E-state index contributed by atoms with van der Waals surface area (Å²) in [6.45, 7) is 7.17. The first-order valence-electron chi connectivity index (χ1n) is 5.84. The lowest BCUT2D eigenvalue weighted by Crippen LogP contribution is -2.52. The zero-order valence-electron chi connectivity index (χ0n) is 9.53. The lowest BCUT2D eigenvalue weighted by molar-refractivity contribution is -0.0336. The molecule has 3 heterocycles. The number of hydrogen-bond acceptors (Lipinski definition) is 3. The number of ether oxygens (including phenoxy) is 1. The summed E-state index contributed by atoms with van der Waals surface area (Å²) in [6, 6.07) is 0.151. The maximum atomic E-state index is 11.4. The largest absolute Gasteiger partial charge is 0.445 e. The quantitative estimate of drug-likeness (QED) is 0.748. The Balaban J connectivity index is 1.82. The molecule has 0 saturated carbocycles. The van der Waals surface area contributed by atoms with Crippen LogP contribution in [0, 0.1) is 5.92 Å². The highest BCUT2D eigenvalue weighted by atomic mass is 16.6. The van der Waals surface area contributed by atoms with Crippen molar-refractivity contribution in [1.29, 1.82) is 0 Å². The van der Waals surface area contributed by atoms with Crippen molar-refractivity contribution in [3.05, 3.63) is 0 Å². The molecule has 3 aliphatic heterocycles. The highest BCUT2D eigenvalue weighted by Crippen LogP contribution is 2.29. The van der Waals surface area contributed by atoms with E-state index in [0.29, 0.717) is 5.92 Å². The summed E-state index contributed by atoms with van der Waals surface area (Å²) in [5, 5.41) is 2.77. The zero-order valence-corrected chi connectivity index (χ0v) is 9.53. The summed E-state index contributed by atoms with van der Waals surface area (Å²) in [5.74, 6) is 0.591. The molecule has 4 heteroatoms. The molecule has 0 aromatic heterocycles. The van der Waals surface area contributed by atoms with Crippen molar-refractivity contribution in [2.45, 2.75) is 38.8 Å². The van der Waals surface area contributed by atoms with Crippen molar-refractivity contribution < 1.29 is 9.53 Å². The van der Waals surface area contributed by atoms with Crippen molar-refractivity contribution in [3.8, 4) is 0 Å². The van der Waals surface area contributed by atoms with E-state index in [9.17, 15) is 4.79 Å². The number of hydrogen-bond donors (Lipinski definition) is 1. The van der Waals surface area contributed by atoms with Gasteiger partial charge in [0.05, 0.1) is 0 Å². The van der Waals surface area contributed by atoms with Crippen molar-refractivity contribution in [2.24, 2.45) is 5.92 Å². The van der Waals surface area contributed by atoms with Crippen molar-refractivity contribution in [3.63, 3.8) is 0 Å². The summed E-state index contributed by atoms with van der Waals surface area (Å²) in [4.78, 5) is 13.8. The van der Waals surface area contributed by atoms with E-state index in [1.807, 2.05) is 13.8 Å². The van der Waals surface area contributed by atoms with E-state index >= 15 is 0 Å². The number of nitrogens with zero attached hydrogens (tertiary/aromatic N) is 1. The minimum Gasteiger partial charge on any atom is -0.445 e. The fourth-order valence-electron chi connectivity index (χ4n) is 2.45. The topological polar surface area (TPSA) is 41.6 Å². The average Bonchev–Trinajstić information content (AvgIpc) is 2.17. The first kappa shape index (κ1) is 10.7. The number of carbonyl (C=O) groups is 1. The number of fused-ring (bicyclic) bond motifs is 3. The number of nitrogens with one attached hydrogen (secondary N) is 1. The molecule has 1 N–H and O–H groups in total. The van der Waals surface area contributed by atoms with Crippen LogP contribution in [-0.4, -0.2) is 42.8 Å². The van der Waals surface area contributed by atoms with E-state index in [1.165, 1.54) is 25.9 Å². The number of alkyl carbamates (subject to hydrolysis) is 1. The highest BCUT2D eigenvalue weighted by molar-refractivity contribution is 5.67. The van der Waals surface area contributed by atoms with Crippen LogP contribution in [0.3, 0.4) is 0 Å². The second-order valence-corrected chi connectivity index (χ2v) is 4.88. The first-order valence-corrected chi connectivity index (χ1v) is 5.84. The Bertz CT molecular complexity index is 235. The smallest absolute Gasteiger partial charge is 0.407 e. The van der Waals surface area contributed by atoms with E-state index in [2.05, 4.69) is 10.2 Å². The molecule has 0 aliphatic carbocycles. The second kappa shape index (κ2) is 4.39. The summed E-state index contributed by atoms with van der Waals surface area (Å²) < 4.78 is 5.44. The Morgan fingerprint density at radius 3 is 2.53 bits per heavy atom. The molecular formula is C11H20N2O2. The molecule has 1 unspecified atom stereocenters. The minimum atomic E-state index is -0.260. The standard InChI is InChI=1S/C11H20N2O2/c1-8(2)12-11(14)15-10-7-13-5-3-9(10)4-6-13/h8-10H,3-7H2,1-2H3,(H,12,14). The number of piperidine rings is 3. The molecule has 86 valence electrons. The van der Waals surface area contributed by atoms with Crippen LogP contribution in [-0.2, 0) is 4.74 Å². The summed E-state index contributed by atoms with van der Waals surface area (Å²) >= 11 is 0. The zero-order chi connectivity index (χ0) is 10.8. The average molecular weight is 212 g/mol. The van der Waals surface area contributed by atoms with Crippen LogP contribution in [0.25, 0.3) is 0 Å². The Labute approximate surface area is 91.0 Å². The molecule has 0 spiro atoms. The van der Waals surface area contributed by atoms with E-state index in [0.717, 1.165) is 6.54 Å². The van der Waals surface area contributed by atoms with Gasteiger partial charge in [0, 0.05) is 12.6 Å². The van der Waals surface area contributed by atoms with Gasteiger partial charge in [-0.2, -0.15) is 0 Å². The van der Waals surface area contributed by atoms with Gasteiger partial charge >= 0.3 is 6.09 Å². The van der Waals surface area contributed by atoms with Crippen LogP contribution in [0.1, 0.15) is 26.7 Å². The summed E-state index contributed by atoms with van der Waals surface area (Å²) in [7, 11) is 0. The summed E-state index contributed by atoms with van der Waals surface area (Å²) in [6.07, 6.45) is 2.22. The van der Waals surface area contributed by atoms with Gasteiger partial charge in [0.25, 0.3) is 0 Å². The monoisotopic (exact) mass is 212 g/mol. The lowest BCUT2D eigenvalue weighted by atomic mass is 9.86. The van der Waals surface area contributed by atoms with Gasteiger partial charge < -0.3 is 10.1 Å². The van der Waals surface area contributed by atoms with Crippen LogP contribution in [0.4, 0.5) is 4.79 Å². The Morgan fingerprint density at radius 2 is 2.07 bits per heavy atom. The highest BCUT2D eigenvalue weighted by Gasteiger charge is 2.36. The van der Waals surface area contributed by atoms with Gasteiger partial charge in [0.2, 0.25) is 0 Å². The number of rotatable bonds is 2. The first-order chi connectivity index (χ1) is 7.15. The second-order valence-electron chi connectivity index (χ2n) is 4.88. The third kappa shape index (κ3) is 2.62. The van der Waals surface area contributed by atoms with Crippen LogP contribution in [0.5, 0.6) is 0 Å². The third-order valence-electron chi connectivity index (χ3n) is 3.26. The normalized spacial score (nSPS) is 34.2. The predicted molar refractivity (Wildman–Crippen MR) is 57.7 cm³/mol. The van der Waals surface area contributed by atoms with Gasteiger partial charge in [-0.3, -0.25) is 4.90 Å². The molecule has 1 atom stereocenters. The van der Waals surface area contributed by atoms with Gasteiger partial charge in [-0.1, -0.05) is 0 Å². The van der Waals surface area contributed by atoms with Crippen LogP contribution < -0.4 is 5.32 Å². The van der Waals surface area contributed by atoms with Crippen molar-refractivity contribution in [2.75, 3.05) is 19.6 Å². The Morgan fingerprint density at radius 1 is 1.40 bits per heavy atom. The Hall–Kier alpha value is -0.770. The molecule has 3 rings (SSSR count). The van der Waals surface area contributed by atoms with Crippen molar-refractivity contribution >= 4 is 6.09 Å². The van der Waals surface area contributed by atoms with Gasteiger partial charge in [0.15, 0.2) is 0 Å². The molecule has 1 amide bonds. The SMILES string of the molecule is CC(C)NC(=O)OC1CN2CCC1CC2. The van der Waals surface area contributed by atoms with Crippen LogP contribution in [0.2, 0.25) is 0 Å². The van der Waals surface area contributed by atoms with Crippen molar-refractivity contribution in [1.82, 2.24) is 10.2 Å². The Kier molecular flexibility index (Phi) is 3.14. The molecule has 4 nitrogen and oxygen atoms in total. The van der Waals surface area contributed by atoms with Crippen LogP contribution in [0.15, 0.2) is 0 Å². The molecule has 0 aromatic carbocycles. The molecular weight excluding hydrogens is 192 g/mol. The van der Waals surface area contributed by atoms with E-state index in [4.69, 9.17) is 4.74 Å². The molecule has 3 aliphatic rings. The maximum Gasteiger partial charge on any atom is 0.407 e. The third-order valence-corrected chi connectivity index (χ3v) is 3.26.